The third-order valence-electron chi connectivity index (χ3n) is 7.38. The van der Waals surface area contributed by atoms with Crippen molar-refractivity contribution in [3.63, 3.8) is 0 Å². The molecule has 1 aromatic heterocycles. The van der Waals surface area contributed by atoms with Crippen LogP contribution in [0.15, 0.2) is 67.0 Å². The van der Waals surface area contributed by atoms with Crippen LogP contribution in [0.4, 0.5) is 28.0 Å². The van der Waals surface area contributed by atoms with Crippen LogP contribution in [0, 0.1) is 5.82 Å². The first kappa shape index (κ1) is 28.7. The molecule has 1 spiro atoms. The molecule has 2 atom stereocenters. The van der Waals surface area contributed by atoms with Crippen LogP contribution in [0.3, 0.4) is 0 Å². The van der Waals surface area contributed by atoms with Crippen molar-refractivity contribution in [1.82, 2.24) is 14.8 Å². The SMILES string of the molecule is C[C@H](N(Cc1ccc(F)cc1)C(=O)CN1C(=O)O[C@@]2(CCc3cc(NC(=O)c4ccncc4)ccc32)C1=O)C(F)(F)F. The second-order valence-electron chi connectivity index (χ2n) is 10.0. The van der Waals surface area contributed by atoms with Crippen LogP contribution in [0.2, 0.25) is 0 Å². The van der Waals surface area contributed by atoms with Crippen molar-refractivity contribution in [3.8, 4) is 0 Å². The molecule has 1 aliphatic heterocycles. The van der Waals surface area contributed by atoms with Gasteiger partial charge in [-0.15, -0.1) is 0 Å². The van der Waals surface area contributed by atoms with Crippen LogP contribution in [0.25, 0.3) is 0 Å². The summed E-state index contributed by atoms with van der Waals surface area (Å²) in [6, 6.07) is 10.1. The van der Waals surface area contributed by atoms with Gasteiger partial charge in [-0.1, -0.05) is 18.2 Å². The van der Waals surface area contributed by atoms with Crippen LogP contribution in [0.1, 0.15) is 40.4 Å². The topological polar surface area (TPSA) is 109 Å². The van der Waals surface area contributed by atoms with Gasteiger partial charge in [0.15, 0.2) is 0 Å². The van der Waals surface area contributed by atoms with Gasteiger partial charge in [0.25, 0.3) is 11.8 Å². The average Bonchev–Trinajstić information content (AvgIpc) is 3.43. The first-order chi connectivity index (χ1) is 19.9. The predicted octanol–water partition coefficient (Wildman–Crippen LogP) is 4.57. The Labute approximate surface area is 237 Å². The molecule has 218 valence electrons. The van der Waals surface area contributed by atoms with E-state index in [1.54, 1.807) is 18.2 Å². The number of carbonyl (C=O) groups is 4. The third-order valence-corrected chi connectivity index (χ3v) is 7.38. The molecule has 2 heterocycles. The summed E-state index contributed by atoms with van der Waals surface area (Å²) < 4.78 is 59.8. The fraction of sp³-hybridized carbons (Fsp3) is 0.276. The smallest absolute Gasteiger partial charge is 0.418 e. The summed E-state index contributed by atoms with van der Waals surface area (Å²) in [7, 11) is 0. The van der Waals surface area contributed by atoms with E-state index in [4.69, 9.17) is 4.74 Å². The van der Waals surface area contributed by atoms with Gasteiger partial charge < -0.3 is 15.0 Å². The molecular formula is C29H24F4N4O5. The highest BCUT2D eigenvalue weighted by Crippen LogP contribution is 2.46. The number of benzene rings is 2. The summed E-state index contributed by atoms with van der Waals surface area (Å²) in [6.45, 7) is -0.722. The minimum absolute atomic E-state index is 0.0532. The fourth-order valence-corrected chi connectivity index (χ4v) is 5.07. The number of nitrogens with zero attached hydrogens (tertiary/aromatic N) is 3. The van der Waals surface area contributed by atoms with Gasteiger partial charge in [-0.2, -0.15) is 13.2 Å². The molecule has 2 aliphatic rings. The molecule has 0 radical (unpaired) electrons. The minimum atomic E-state index is -4.80. The van der Waals surface area contributed by atoms with Crippen molar-refractivity contribution in [1.29, 1.82) is 0 Å². The van der Waals surface area contributed by atoms with E-state index >= 15 is 0 Å². The van der Waals surface area contributed by atoms with Gasteiger partial charge in [-0.05, 0) is 60.9 Å². The number of ether oxygens (including phenoxy) is 1. The van der Waals surface area contributed by atoms with Gasteiger partial charge >= 0.3 is 12.3 Å². The van der Waals surface area contributed by atoms with Gasteiger partial charge in [-0.3, -0.25) is 19.4 Å². The maximum absolute atomic E-state index is 13.7. The van der Waals surface area contributed by atoms with Gasteiger partial charge in [0.2, 0.25) is 11.5 Å². The number of imide groups is 1. The Kier molecular flexibility index (Phi) is 7.43. The first-order valence-electron chi connectivity index (χ1n) is 12.9. The Morgan fingerprint density at radius 1 is 1.10 bits per heavy atom. The van der Waals surface area contributed by atoms with Crippen LogP contribution in [-0.4, -0.2) is 57.4 Å². The summed E-state index contributed by atoms with van der Waals surface area (Å²) in [5.74, 6) is -2.99. The van der Waals surface area contributed by atoms with E-state index in [0.29, 0.717) is 38.6 Å². The number of carbonyl (C=O) groups excluding carboxylic acids is 4. The van der Waals surface area contributed by atoms with E-state index < -0.39 is 54.6 Å². The quantitative estimate of drug-likeness (QED) is 0.408. The van der Waals surface area contributed by atoms with E-state index in [2.05, 4.69) is 10.3 Å². The molecule has 0 bridgehead atoms. The summed E-state index contributed by atoms with van der Waals surface area (Å²) in [4.78, 5) is 56.9. The maximum Gasteiger partial charge on any atom is 0.418 e. The normalized spacial score (nSPS) is 18.5. The zero-order chi connectivity index (χ0) is 30.2. The highest BCUT2D eigenvalue weighted by molar-refractivity contribution is 6.07. The number of fused-ring (bicyclic) bond motifs is 2. The number of pyridine rings is 1. The van der Waals surface area contributed by atoms with E-state index in [-0.39, 0.29) is 17.9 Å². The highest BCUT2D eigenvalue weighted by Gasteiger charge is 2.58. The summed E-state index contributed by atoms with van der Waals surface area (Å²) in [5, 5.41) is 2.75. The van der Waals surface area contributed by atoms with Crippen LogP contribution in [0.5, 0.6) is 0 Å². The molecule has 3 aromatic rings. The average molecular weight is 585 g/mol. The van der Waals surface area contributed by atoms with Gasteiger partial charge in [0.05, 0.1) is 0 Å². The highest BCUT2D eigenvalue weighted by atomic mass is 19.4. The Morgan fingerprint density at radius 3 is 2.45 bits per heavy atom. The standard InChI is InChI=1S/C29H24F4N4O5/c1-17(29(31,32)33)36(15-18-2-4-21(30)5-3-18)24(38)16-37-26(40)28(42-27(37)41)11-8-20-14-22(6-7-23(20)28)35-25(39)19-9-12-34-13-10-19/h2-7,9-10,12-14,17H,8,11,15-16H2,1H3,(H,35,39)/t17-,28+/m0/s1. The zero-order valence-corrected chi connectivity index (χ0v) is 22.2. The molecule has 1 saturated heterocycles. The molecular weight excluding hydrogens is 560 g/mol. The van der Waals surface area contributed by atoms with E-state index in [0.717, 1.165) is 19.1 Å². The molecule has 5 rings (SSSR count). The van der Waals surface area contributed by atoms with E-state index in [1.165, 1.54) is 36.7 Å². The van der Waals surface area contributed by atoms with Crippen molar-refractivity contribution in [3.05, 3.63) is 95.1 Å². The zero-order valence-electron chi connectivity index (χ0n) is 22.2. The second-order valence-corrected chi connectivity index (χ2v) is 10.0. The van der Waals surface area contributed by atoms with Gasteiger partial charge in [-0.25, -0.2) is 14.1 Å². The lowest BCUT2D eigenvalue weighted by atomic mass is 9.94. The molecule has 4 amide bonds. The Balaban J connectivity index is 1.34. The number of hydrogen-bond donors (Lipinski definition) is 1. The lowest BCUT2D eigenvalue weighted by Crippen LogP contribution is -2.51. The lowest BCUT2D eigenvalue weighted by molar-refractivity contribution is -0.187. The molecule has 1 N–H and O–H groups in total. The largest absolute Gasteiger partial charge is 0.427 e. The molecule has 2 aromatic carbocycles. The van der Waals surface area contributed by atoms with E-state index in [1.807, 2.05) is 0 Å². The summed E-state index contributed by atoms with van der Waals surface area (Å²) in [6.07, 6.45) is -2.65. The molecule has 13 heteroatoms. The third kappa shape index (κ3) is 5.41. The number of hydrogen-bond acceptors (Lipinski definition) is 6. The first-order valence-corrected chi connectivity index (χ1v) is 12.9. The molecule has 0 unspecified atom stereocenters. The lowest BCUT2D eigenvalue weighted by Gasteiger charge is -2.31. The number of rotatable bonds is 7. The van der Waals surface area contributed by atoms with Crippen LogP contribution >= 0.6 is 0 Å². The number of alkyl halides is 3. The van der Waals surface area contributed by atoms with Crippen LogP contribution < -0.4 is 5.32 Å². The number of halogens is 4. The Morgan fingerprint density at radius 2 is 1.79 bits per heavy atom. The van der Waals surface area contributed by atoms with Crippen molar-refractivity contribution in [2.75, 3.05) is 11.9 Å². The number of amides is 4. The number of nitrogens with one attached hydrogen (secondary N) is 1. The Hall–Kier alpha value is -4.81. The number of aromatic nitrogens is 1. The van der Waals surface area contributed by atoms with Gasteiger partial charge in [0.1, 0.15) is 18.4 Å². The van der Waals surface area contributed by atoms with E-state index in [9.17, 15) is 36.7 Å². The van der Waals surface area contributed by atoms with Crippen molar-refractivity contribution >= 4 is 29.5 Å². The second kappa shape index (κ2) is 10.9. The maximum atomic E-state index is 13.7. The Bertz CT molecular complexity index is 1550. The summed E-state index contributed by atoms with van der Waals surface area (Å²) >= 11 is 0. The monoisotopic (exact) mass is 584 g/mol. The summed E-state index contributed by atoms with van der Waals surface area (Å²) in [5.41, 5.74) is 0.302. The van der Waals surface area contributed by atoms with Crippen molar-refractivity contribution in [2.45, 2.75) is 44.1 Å². The molecule has 42 heavy (non-hydrogen) atoms. The molecule has 0 saturated carbocycles. The molecule has 9 nitrogen and oxygen atoms in total. The molecule has 1 aliphatic carbocycles. The van der Waals surface area contributed by atoms with Crippen molar-refractivity contribution < 1.29 is 41.5 Å². The fourth-order valence-electron chi connectivity index (χ4n) is 5.07. The predicted molar refractivity (Wildman–Crippen MR) is 139 cm³/mol. The van der Waals surface area contributed by atoms with Gasteiger partial charge in [0, 0.05) is 42.2 Å². The molecule has 1 fully saturated rings. The number of aryl methyl sites for hydroxylation is 1. The number of anilines is 1. The minimum Gasteiger partial charge on any atom is -0.427 e. The van der Waals surface area contributed by atoms with Crippen molar-refractivity contribution in [2.24, 2.45) is 0 Å². The van der Waals surface area contributed by atoms with Crippen LogP contribution in [-0.2, 0) is 32.9 Å².